The summed E-state index contributed by atoms with van der Waals surface area (Å²) in [4.78, 5) is 21.8. The first kappa shape index (κ1) is 30.5. The maximum Gasteiger partial charge on any atom is 0.303 e. The number of rotatable bonds is 12. The molecule has 0 saturated heterocycles. The van der Waals surface area contributed by atoms with Gasteiger partial charge in [-0.2, -0.15) is 10.2 Å². The zero-order valence-electron chi connectivity index (χ0n) is 20.9. The molecule has 0 spiro atoms. The second-order valence-electron chi connectivity index (χ2n) is 6.89. The Morgan fingerprint density at radius 3 is 2.53 bits per heavy atom. The van der Waals surface area contributed by atoms with Crippen molar-refractivity contribution in [1.82, 2.24) is 10.2 Å². The Labute approximate surface area is 201 Å². The number of aldehydes is 1. The summed E-state index contributed by atoms with van der Waals surface area (Å²) in [5, 5.41) is 29.4. The Morgan fingerprint density at radius 1 is 1.24 bits per heavy atom. The van der Waals surface area contributed by atoms with E-state index in [9.17, 15) is 9.59 Å². The van der Waals surface area contributed by atoms with Gasteiger partial charge in [-0.1, -0.05) is 31.1 Å². The van der Waals surface area contributed by atoms with Gasteiger partial charge in [0.05, 0.1) is 17.6 Å². The molecule has 10 heteroatoms. The van der Waals surface area contributed by atoms with Gasteiger partial charge in [0.2, 0.25) is 0 Å². The summed E-state index contributed by atoms with van der Waals surface area (Å²) in [5.41, 5.74) is 6.91. The number of aliphatic hydroxyl groups excluding tert-OH is 1. The highest BCUT2D eigenvalue weighted by atomic mass is 16.5. The summed E-state index contributed by atoms with van der Waals surface area (Å²) in [7, 11) is 2.70. The van der Waals surface area contributed by atoms with E-state index in [0.717, 1.165) is 48.2 Å². The van der Waals surface area contributed by atoms with Crippen LogP contribution in [0, 0.1) is 13.8 Å². The molecule has 0 bridgehead atoms. The molecule has 0 aliphatic carbocycles. The molecule has 0 amide bonds. The highest BCUT2D eigenvalue weighted by molar-refractivity contribution is 6.54. The second kappa shape index (κ2) is 18.0. The van der Waals surface area contributed by atoms with Gasteiger partial charge in [-0.05, 0) is 50.8 Å². The minimum atomic E-state index is -0.847. The number of anilines is 1. The van der Waals surface area contributed by atoms with Crippen molar-refractivity contribution < 1.29 is 24.3 Å². The number of aliphatic carboxylic acids is 1. The van der Waals surface area contributed by atoms with Crippen LogP contribution in [-0.2, 0) is 22.4 Å². The second-order valence-corrected chi connectivity index (χ2v) is 6.89. The van der Waals surface area contributed by atoms with E-state index in [1.165, 1.54) is 6.21 Å². The van der Waals surface area contributed by atoms with E-state index >= 15 is 0 Å². The number of hydrogen-bond acceptors (Lipinski definition) is 9. The van der Waals surface area contributed by atoms with Crippen LogP contribution in [0.5, 0.6) is 0 Å². The molecule has 34 heavy (non-hydrogen) atoms. The number of hydrogen-bond donors (Lipinski definition) is 3. The van der Waals surface area contributed by atoms with Gasteiger partial charge in [0.1, 0.15) is 11.5 Å². The van der Waals surface area contributed by atoms with Crippen molar-refractivity contribution in [3.05, 3.63) is 46.8 Å². The van der Waals surface area contributed by atoms with Crippen LogP contribution in [0.3, 0.4) is 0 Å². The lowest BCUT2D eigenvalue weighted by Crippen LogP contribution is -2.16. The van der Waals surface area contributed by atoms with Gasteiger partial charge >= 0.3 is 5.97 Å². The van der Waals surface area contributed by atoms with Crippen LogP contribution in [0.1, 0.15) is 49.3 Å². The van der Waals surface area contributed by atoms with Crippen LogP contribution in [0.2, 0.25) is 0 Å². The molecule has 1 heterocycles. The van der Waals surface area contributed by atoms with Crippen molar-refractivity contribution in [3.63, 3.8) is 0 Å². The lowest BCUT2D eigenvalue weighted by atomic mass is 10.0. The van der Waals surface area contributed by atoms with Gasteiger partial charge < -0.3 is 19.7 Å². The number of nitrogens with one attached hydrogen (secondary N) is 1. The van der Waals surface area contributed by atoms with Crippen LogP contribution < -0.4 is 5.43 Å². The summed E-state index contributed by atoms with van der Waals surface area (Å²) in [6, 6.07) is 7.78. The highest BCUT2D eigenvalue weighted by Crippen LogP contribution is 2.17. The fraction of sp³-hybridized carbons (Fsp3) is 0.458. The molecule has 0 atom stereocenters. The van der Waals surface area contributed by atoms with Gasteiger partial charge in [0.15, 0.2) is 6.29 Å². The lowest BCUT2D eigenvalue weighted by molar-refractivity contribution is -0.137. The van der Waals surface area contributed by atoms with Crippen LogP contribution in [0.15, 0.2) is 39.0 Å². The van der Waals surface area contributed by atoms with E-state index in [4.69, 9.17) is 14.7 Å². The molecule has 10 nitrogen and oxygen atoms in total. The number of aryl methyl sites for hydroxylation is 3. The summed E-state index contributed by atoms with van der Waals surface area (Å²) in [6.45, 7) is 8.31. The minimum Gasteiger partial charge on any atom is -0.481 e. The number of benzene rings is 1. The smallest absolute Gasteiger partial charge is 0.303 e. The standard InChI is InChI=1S/C21H27N5O4.C2H6.CH4O/c1-15-20(16(2)30-25-15)10-9-17-6-4-7-18(12-17)23-24-19(14-27)13-22-26(3)11-5-8-21(28)29;2*1-2/h4,6-7,12-14,23H,5,8-11H2,1-3H3,(H,28,29);1-2H3;2H,1H3/b22-13-,24-19-;;. The van der Waals surface area contributed by atoms with Gasteiger partial charge in [0.25, 0.3) is 0 Å². The first-order valence-corrected chi connectivity index (χ1v) is 11.1. The fourth-order valence-corrected chi connectivity index (χ4v) is 2.81. The monoisotopic (exact) mass is 475 g/mol. The van der Waals surface area contributed by atoms with Gasteiger partial charge in [-0.25, -0.2) is 0 Å². The summed E-state index contributed by atoms with van der Waals surface area (Å²) in [6.07, 6.45) is 4.13. The Hall–Kier alpha value is -3.53. The third kappa shape index (κ3) is 11.9. The number of nitrogens with zero attached hydrogens (tertiary/aromatic N) is 4. The molecule has 2 aromatic rings. The first-order chi connectivity index (χ1) is 16.4. The van der Waals surface area contributed by atoms with Gasteiger partial charge in [0, 0.05) is 32.7 Å². The molecule has 0 radical (unpaired) electrons. The maximum absolute atomic E-state index is 11.2. The molecule has 1 aromatic carbocycles. The predicted molar refractivity (Wildman–Crippen MR) is 134 cm³/mol. The van der Waals surface area contributed by atoms with E-state index in [2.05, 4.69) is 20.8 Å². The number of aliphatic hydroxyl groups is 1. The summed E-state index contributed by atoms with van der Waals surface area (Å²) < 4.78 is 5.20. The highest BCUT2D eigenvalue weighted by Gasteiger charge is 2.09. The normalized spacial score (nSPS) is 10.6. The predicted octanol–water partition coefficient (Wildman–Crippen LogP) is 3.46. The Bertz CT molecular complexity index is 905. The zero-order valence-corrected chi connectivity index (χ0v) is 20.9. The molecule has 0 aliphatic heterocycles. The first-order valence-electron chi connectivity index (χ1n) is 11.1. The molecule has 0 saturated carbocycles. The largest absolute Gasteiger partial charge is 0.481 e. The maximum atomic E-state index is 11.2. The molecule has 188 valence electrons. The van der Waals surface area contributed by atoms with E-state index in [1.54, 1.807) is 12.1 Å². The van der Waals surface area contributed by atoms with Crippen molar-refractivity contribution in [1.29, 1.82) is 0 Å². The third-order valence-electron chi connectivity index (χ3n) is 4.47. The molecule has 0 unspecified atom stereocenters. The van der Waals surface area contributed by atoms with Crippen molar-refractivity contribution in [2.75, 3.05) is 26.1 Å². The number of carbonyl (C=O) groups is 2. The average Bonchev–Trinajstić information content (AvgIpc) is 3.17. The molecule has 2 rings (SSSR count). The van der Waals surface area contributed by atoms with E-state index in [1.807, 2.05) is 52.0 Å². The number of carbonyl (C=O) groups excluding carboxylic acids is 1. The van der Waals surface area contributed by atoms with Crippen LogP contribution in [-0.4, -0.2) is 65.3 Å². The molecular weight excluding hydrogens is 438 g/mol. The molecule has 0 fully saturated rings. The van der Waals surface area contributed by atoms with Crippen LogP contribution in [0.25, 0.3) is 0 Å². The quantitative estimate of drug-likeness (QED) is 0.241. The number of carboxylic acid groups (broad SMARTS) is 1. The molecule has 3 N–H and O–H groups in total. The summed E-state index contributed by atoms with van der Waals surface area (Å²) >= 11 is 0. The SMILES string of the molecule is CC.CO.Cc1noc(C)c1CCc1cccc(N/N=C(C=O)/C=N\N(C)CCCC(=O)O)c1. The van der Waals surface area contributed by atoms with Crippen molar-refractivity contribution in [2.45, 2.75) is 53.4 Å². The third-order valence-corrected chi connectivity index (χ3v) is 4.47. The number of aromatic nitrogens is 1. The average molecular weight is 476 g/mol. The van der Waals surface area contributed by atoms with Crippen molar-refractivity contribution in [2.24, 2.45) is 10.2 Å². The molecule has 0 aliphatic rings. The minimum absolute atomic E-state index is 0.0721. The van der Waals surface area contributed by atoms with Gasteiger partial charge in [-0.15, -0.1) is 0 Å². The van der Waals surface area contributed by atoms with Gasteiger partial charge in [-0.3, -0.25) is 15.0 Å². The zero-order chi connectivity index (χ0) is 25.9. The molecular formula is C24H37N5O5. The lowest BCUT2D eigenvalue weighted by Gasteiger charge is -2.11. The topological polar surface area (TPSA) is 141 Å². The van der Waals surface area contributed by atoms with Crippen molar-refractivity contribution >= 4 is 29.9 Å². The Morgan fingerprint density at radius 2 is 1.94 bits per heavy atom. The Kier molecular flexibility index (Phi) is 16.1. The van der Waals surface area contributed by atoms with Crippen LogP contribution in [0.4, 0.5) is 5.69 Å². The van der Waals surface area contributed by atoms with Crippen molar-refractivity contribution in [3.8, 4) is 0 Å². The van der Waals surface area contributed by atoms with Crippen LogP contribution >= 0.6 is 0 Å². The Balaban J connectivity index is 0.00000258. The fourth-order valence-electron chi connectivity index (χ4n) is 2.81. The summed E-state index contributed by atoms with van der Waals surface area (Å²) in [5.74, 6) is -0.00475. The molecule has 1 aromatic heterocycles. The number of hydrazone groups is 2. The van der Waals surface area contributed by atoms with E-state index in [0.29, 0.717) is 19.3 Å². The number of carboxylic acids is 1. The van der Waals surface area contributed by atoms with E-state index < -0.39 is 5.97 Å². The van der Waals surface area contributed by atoms with E-state index in [-0.39, 0.29) is 12.1 Å².